The van der Waals surface area contributed by atoms with Crippen LogP contribution in [-0.2, 0) is 17.8 Å². The van der Waals surface area contributed by atoms with E-state index in [1.165, 1.54) is 0 Å². The first kappa shape index (κ1) is 14.0. The van der Waals surface area contributed by atoms with Gasteiger partial charge in [-0.1, -0.05) is 23.7 Å². The average Bonchev–Trinajstić information content (AvgIpc) is 2.59. The summed E-state index contributed by atoms with van der Waals surface area (Å²) in [6.45, 7) is 0.538. The van der Waals surface area contributed by atoms with Crippen LogP contribution in [0.5, 0.6) is 0 Å². The van der Waals surface area contributed by atoms with Crippen molar-refractivity contribution in [2.24, 2.45) is 0 Å². The molecular weight excluding hydrogens is 284 g/mol. The molecule has 0 saturated heterocycles. The maximum absolute atomic E-state index is 12.4. The Kier molecular flexibility index (Phi) is 3.84. The van der Waals surface area contributed by atoms with Gasteiger partial charge in [-0.2, -0.15) is 0 Å². The molecule has 0 fully saturated rings. The van der Waals surface area contributed by atoms with Gasteiger partial charge in [-0.05, 0) is 54.3 Å². The van der Waals surface area contributed by atoms with Gasteiger partial charge in [0, 0.05) is 22.8 Å². The van der Waals surface area contributed by atoms with Gasteiger partial charge in [-0.3, -0.25) is 4.79 Å². The van der Waals surface area contributed by atoms with Gasteiger partial charge in [0.15, 0.2) is 0 Å². The number of nitrogens with zero attached hydrogens (tertiary/aromatic N) is 1. The highest BCUT2D eigenvalue weighted by molar-refractivity contribution is 6.30. The molecule has 0 spiro atoms. The Balaban J connectivity index is 1.98. The van der Waals surface area contributed by atoms with Gasteiger partial charge in [0.25, 0.3) is 0 Å². The van der Waals surface area contributed by atoms with E-state index in [0.29, 0.717) is 18.0 Å². The Morgan fingerprint density at radius 2 is 2.00 bits per heavy atom. The number of nitrogens with two attached hydrogens (primary N) is 1. The zero-order valence-electron chi connectivity index (χ0n) is 11.7. The fourth-order valence-corrected chi connectivity index (χ4v) is 2.97. The van der Waals surface area contributed by atoms with Gasteiger partial charge in [0.05, 0.1) is 6.54 Å². The van der Waals surface area contributed by atoms with Crippen molar-refractivity contribution in [2.45, 2.75) is 25.8 Å². The van der Waals surface area contributed by atoms with Gasteiger partial charge in [-0.15, -0.1) is 0 Å². The second kappa shape index (κ2) is 5.78. The molecule has 21 heavy (non-hydrogen) atoms. The number of hydrogen-bond donors (Lipinski definition) is 1. The topological polar surface area (TPSA) is 46.3 Å². The van der Waals surface area contributed by atoms with E-state index in [4.69, 9.17) is 17.3 Å². The third-order valence-electron chi connectivity index (χ3n) is 3.76. The van der Waals surface area contributed by atoms with Crippen molar-refractivity contribution in [3.05, 3.63) is 58.6 Å². The first-order chi connectivity index (χ1) is 10.1. The van der Waals surface area contributed by atoms with E-state index in [1.807, 2.05) is 47.4 Å². The summed E-state index contributed by atoms with van der Waals surface area (Å²) in [6, 6.07) is 13.4. The van der Waals surface area contributed by atoms with Gasteiger partial charge in [-0.25, -0.2) is 0 Å². The van der Waals surface area contributed by atoms with Crippen LogP contribution in [0.15, 0.2) is 42.5 Å². The molecule has 0 unspecified atom stereocenters. The third kappa shape index (κ3) is 3.03. The predicted molar refractivity (Wildman–Crippen MR) is 86.4 cm³/mol. The molecule has 1 aliphatic heterocycles. The first-order valence-corrected chi connectivity index (χ1v) is 7.44. The van der Waals surface area contributed by atoms with Crippen LogP contribution in [0.3, 0.4) is 0 Å². The molecule has 2 aromatic carbocycles. The molecule has 0 bridgehead atoms. The highest BCUT2D eigenvalue weighted by Crippen LogP contribution is 2.30. The summed E-state index contributed by atoms with van der Waals surface area (Å²) in [5.74, 6) is 0.151. The van der Waals surface area contributed by atoms with E-state index in [1.54, 1.807) is 0 Å². The number of aryl methyl sites for hydroxylation is 1. The van der Waals surface area contributed by atoms with Crippen LogP contribution in [0.2, 0.25) is 5.02 Å². The zero-order valence-corrected chi connectivity index (χ0v) is 12.4. The molecule has 108 valence electrons. The van der Waals surface area contributed by atoms with Crippen molar-refractivity contribution in [2.75, 3.05) is 10.6 Å². The number of nitrogen functional groups attached to an aromatic ring is 1. The van der Waals surface area contributed by atoms with Crippen molar-refractivity contribution in [3.63, 3.8) is 0 Å². The molecule has 4 heteroatoms. The van der Waals surface area contributed by atoms with Gasteiger partial charge in [0.2, 0.25) is 5.91 Å². The molecule has 2 aromatic rings. The number of halogens is 1. The number of carbonyl (C=O) groups is 1. The van der Waals surface area contributed by atoms with E-state index in [-0.39, 0.29) is 5.91 Å². The number of fused-ring (bicyclic) bond motifs is 1. The Morgan fingerprint density at radius 1 is 1.14 bits per heavy atom. The molecular formula is C17H17ClN2O. The smallest absolute Gasteiger partial charge is 0.227 e. The fraction of sp³-hybridized carbons (Fsp3) is 0.235. The van der Waals surface area contributed by atoms with Crippen molar-refractivity contribution in [1.29, 1.82) is 0 Å². The Labute approximate surface area is 129 Å². The van der Waals surface area contributed by atoms with E-state index in [9.17, 15) is 4.79 Å². The maximum Gasteiger partial charge on any atom is 0.227 e. The highest BCUT2D eigenvalue weighted by Gasteiger charge is 2.22. The van der Waals surface area contributed by atoms with E-state index < -0.39 is 0 Å². The molecule has 0 aliphatic carbocycles. The largest absolute Gasteiger partial charge is 0.399 e. The fourth-order valence-electron chi connectivity index (χ4n) is 2.76. The van der Waals surface area contributed by atoms with Crippen molar-refractivity contribution >= 4 is 28.9 Å². The lowest BCUT2D eigenvalue weighted by atomic mass is 10.1. The predicted octanol–water partition coefficient (Wildman–Crippen LogP) is 3.79. The van der Waals surface area contributed by atoms with Crippen LogP contribution in [0.4, 0.5) is 11.4 Å². The minimum atomic E-state index is 0.151. The van der Waals surface area contributed by atoms with Crippen molar-refractivity contribution in [1.82, 2.24) is 0 Å². The van der Waals surface area contributed by atoms with Crippen molar-refractivity contribution < 1.29 is 4.79 Å². The summed E-state index contributed by atoms with van der Waals surface area (Å²) >= 11 is 6.03. The van der Waals surface area contributed by atoms with Crippen LogP contribution in [-0.4, -0.2) is 5.91 Å². The second-order valence-electron chi connectivity index (χ2n) is 5.35. The van der Waals surface area contributed by atoms with E-state index >= 15 is 0 Å². The molecule has 2 N–H and O–H groups in total. The number of amides is 1. The van der Waals surface area contributed by atoms with Gasteiger partial charge < -0.3 is 10.6 Å². The second-order valence-corrected chi connectivity index (χ2v) is 5.79. The Morgan fingerprint density at radius 3 is 2.81 bits per heavy atom. The van der Waals surface area contributed by atoms with E-state index in [2.05, 4.69) is 0 Å². The lowest BCUT2D eigenvalue weighted by Gasteiger charge is -2.23. The number of rotatable bonds is 2. The number of benzene rings is 2. The standard InChI is InChI=1S/C17H17ClN2O/c18-14-5-1-3-12(9-14)11-20-16-8-7-15(19)10-13(16)4-2-6-17(20)21/h1,3,5,7-10H,2,4,6,11,19H2. The maximum atomic E-state index is 12.4. The Bertz CT molecular complexity index is 684. The molecule has 3 nitrogen and oxygen atoms in total. The molecule has 1 heterocycles. The van der Waals surface area contributed by atoms with Crippen LogP contribution < -0.4 is 10.6 Å². The van der Waals surface area contributed by atoms with Crippen molar-refractivity contribution in [3.8, 4) is 0 Å². The van der Waals surface area contributed by atoms with E-state index in [0.717, 1.165) is 35.3 Å². The van der Waals surface area contributed by atoms with Crippen LogP contribution in [0.25, 0.3) is 0 Å². The summed E-state index contributed by atoms with van der Waals surface area (Å²) in [5.41, 5.74) is 9.74. The van der Waals surface area contributed by atoms with Crippen LogP contribution in [0.1, 0.15) is 24.0 Å². The summed E-state index contributed by atoms with van der Waals surface area (Å²) in [5, 5.41) is 0.687. The first-order valence-electron chi connectivity index (χ1n) is 7.07. The number of anilines is 2. The third-order valence-corrected chi connectivity index (χ3v) is 4.00. The monoisotopic (exact) mass is 300 g/mol. The molecule has 0 saturated carbocycles. The Hall–Kier alpha value is -2.00. The van der Waals surface area contributed by atoms with Gasteiger partial charge in [0.1, 0.15) is 0 Å². The lowest BCUT2D eigenvalue weighted by molar-refractivity contribution is -0.118. The number of hydrogen-bond acceptors (Lipinski definition) is 2. The summed E-state index contributed by atoms with van der Waals surface area (Å²) in [4.78, 5) is 14.3. The molecule has 3 rings (SSSR count). The summed E-state index contributed by atoms with van der Waals surface area (Å²) in [7, 11) is 0. The average molecular weight is 301 g/mol. The highest BCUT2D eigenvalue weighted by atomic mass is 35.5. The zero-order chi connectivity index (χ0) is 14.8. The number of carbonyl (C=O) groups excluding carboxylic acids is 1. The van der Waals surface area contributed by atoms with Gasteiger partial charge >= 0.3 is 0 Å². The van der Waals surface area contributed by atoms with Crippen LogP contribution >= 0.6 is 11.6 Å². The molecule has 0 atom stereocenters. The van der Waals surface area contributed by atoms with Crippen LogP contribution in [0, 0.1) is 0 Å². The molecule has 1 amide bonds. The summed E-state index contributed by atoms with van der Waals surface area (Å²) < 4.78 is 0. The summed E-state index contributed by atoms with van der Waals surface area (Å²) in [6.07, 6.45) is 2.31. The normalized spacial score (nSPS) is 14.7. The quantitative estimate of drug-likeness (QED) is 0.858. The minimum Gasteiger partial charge on any atom is -0.399 e. The molecule has 1 aliphatic rings. The molecule has 0 radical (unpaired) electrons. The molecule has 0 aromatic heterocycles. The lowest BCUT2D eigenvalue weighted by Crippen LogP contribution is -2.29. The minimum absolute atomic E-state index is 0.151. The SMILES string of the molecule is Nc1ccc2c(c1)CCCC(=O)N2Cc1cccc(Cl)c1.